The molecule has 0 atom stereocenters. The van der Waals surface area contributed by atoms with Gasteiger partial charge in [0.15, 0.2) is 8.96 Å². The summed E-state index contributed by atoms with van der Waals surface area (Å²) in [6, 6.07) is 2.14. The number of hydrogen-bond acceptors (Lipinski definition) is 1. The van der Waals surface area contributed by atoms with E-state index in [1.165, 1.54) is 5.39 Å². The number of aromatic nitrogens is 2. The molecule has 2 rings (SSSR count). The largest absolute Gasteiger partial charge is 0.359 e. The van der Waals surface area contributed by atoms with E-state index in [1.54, 1.807) is 6.20 Å². The smallest absolute Gasteiger partial charge is 0.182 e. The molecule has 18 heavy (non-hydrogen) atoms. The van der Waals surface area contributed by atoms with Gasteiger partial charge in [0.1, 0.15) is 5.65 Å². The molecule has 0 aromatic carbocycles. The Hall–Kier alpha value is -0.0731. The van der Waals surface area contributed by atoms with Crippen LogP contribution in [0.2, 0.25) is 16.1 Å². The van der Waals surface area contributed by atoms with Gasteiger partial charge in [-0.2, -0.15) is 0 Å². The van der Waals surface area contributed by atoms with Crippen molar-refractivity contribution >= 4 is 54.2 Å². The number of pyridine rings is 1. The molecule has 0 aliphatic heterocycles. The zero-order chi connectivity index (χ0) is 13.4. The Bertz CT molecular complexity index is 557. The second-order valence-corrected chi connectivity index (χ2v) is 10.2. The van der Waals surface area contributed by atoms with Crippen molar-refractivity contribution in [1.29, 1.82) is 0 Å². The van der Waals surface area contributed by atoms with Gasteiger partial charge >= 0.3 is 0 Å². The standard InChI is InChI=1S/C13H17ClIN2Si/c1-8(2)18(9(3)4)17-6-5-10-12(15)11(14)7-16-13(10)17/h5-9H,1-4H3. The highest BCUT2D eigenvalue weighted by Crippen LogP contribution is 2.30. The van der Waals surface area contributed by atoms with Crippen LogP contribution in [0.25, 0.3) is 11.0 Å². The monoisotopic (exact) mass is 391 g/mol. The molecule has 2 nitrogen and oxygen atoms in total. The molecule has 2 aromatic rings. The number of hydrogen-bond donors (Lipinski definition) is 0. The topological polar surface area (TPSA) is 17.8 Å². The predicted octanol–water partition coefficient (Wildman–Crippen LogP) is 4.95. The molecule has 0 amide bonds. The average molecular weight is 392 g/mol. The van der Waals surface area contributed by atoms with Crippen molar-refractivity contribution in [3.05, 3.63) is 27.1 Å². The van der Waals surface area contributed by atoms with Gasteiger partial charge in [-0.25, -0.2) is 4.98 Å². The lowest BCUT2D eigenvalue weighted by atomic mass is 10.3. The maximum atomic E-state index is 6.13. The van der Waals surface area contributed by atoms with E-state index in [4.69, 9.17) is 11.6 Å². The van der Waals surface area contributed by atoms with Crippen LogP contribution < -0.4 is 0 Å². The summed E-state index contributed by atoms with van der Waals surface area (Å²) in [7, 11) is -0.660. The Kier molecular flexibility index (Phi) is 4.39. The molecule has 0 saturated carbocycles. The third kappa shape index (κ3) is 2.47. The molecule has 0 N–H and O–H groups in total. The highest BCUT2D eigenvalue weighted by molar-refractivity contribution is 14.1. The molecular weight excluding hydrogens is 375 g/mol. The summed E-state index contributed by atoms with van der Waals surface area (Å²) in [6.07, 6.45) is 3.95. The summed E-state index contributed by atoms with van der Waals surface area (Å²) in [5.41, 5.74) is 2.45. The van der Waals surface area contributed by atoms with E-state index in [0.717, 1.165) is 14.2 Å². The van der Waals surface area contributed by atoms with Crippen LogP contribution in [0, 0.1) is 3.57 Å². The molecule has 5 heteroatoms. The molecule has 0 aliphatic carbocycles. The quantitative estimate of drug-likeness (QED) is 0.534. The first-order chi connectivity index (χ1) is 8.43. The van der Waals surface area contributed by atoms with Crippen LogP contribution in [-0.2, 0) is 0 Å². The molecule has 2 heterocycles. The van der Waals surface area contributed by atoms with Gasteiger partial charge in [0.2, 0.25) is 0 Å². The first-order valence-corrected chi connectivity index (χ1v) is 9.17. The van der Waals surface area contributed by atoms with Crippen molar-refractivity contribution in [2.75, 3.05) is 0 Å². The lowest BCUT2D eigenvalue weighted by Crippen LogP contribution is -2.30. The normalized spacial score (nSPS) is 12.3. The Balaban J connectivity index is 2.62. The first-order valence-electron chi connectivity index (χ1n) is 6.11. The van der Waals surface area contributed by atoms with Crippen molar-refractivity contribution in [2.45, 2.75) is 38.8 Å². The van der Waals surface area contributed by atoms with Crippen LogP contribution in [0.4, 0.5) is 0 Å². The van der Waals surface area contributed by atoms with Gasteiger partial charge in [-0.15, -0.1) is 0 Å². The van der Waals surface area contributed by atoms with E-state index >= 15 is 0 Å². The van der Waals surface area contributed by atoms with Crippen LogP contribution in [0.3, 0.4) is 0 Å². The lowest BCUT2D eigenvalue weighted by Gasteiger charge is -2.24. The van der Waals surface area contributed by atoms with E-state index in [1.807, 2.05) is 0 Å². The Morgan fingerprint density at radius 1 is 1.28 bits per heavy atom. The van der Waals surface area contributed by atoms with Gasteiger partial charge < -0.3 is 4.23 Å². The predicted molar refractivity (Wildman–Crippen MR) is 88.8 cm³/mol. The average Bonchev–Trinajstić information content (AvgIpc) is 2.67. The van der Waals surface area contributed by atoms with Crippen LogP contribution in [0.5, 0.6) is 0 Å². The molecule has 0 spiro atoms. The Morgan fingerprint density at radius 3 is 2.44 bits per heavy atom. The lowest BCUT2D eigenvalue weighted by molar-refractivity contribution is 0.891. The summed E-state index contributed by atoms with van der Waals surface area (Å²) < 4.78 is 3.50. The van der Waals surface area contributed by atoms with Crippen molar-refractivity contribution in [3.63, 3.8) is 0 Å². The van der Waals surface area contributed by atoms with Gasteiger partial charge in [0, 0.05) is 15.2 Å². The summed E-state index contributed by atoms with van der Waals surface area (Å²) in [6.45, 7) is 9.23. The van der Waals surface area contributed by atoms with Crippen LogP contribution in [0.1, 0.15) is 27.7 Å². The minimum absolute atomic E-state index is 0.660. The van der Waals surface area contributed by atoms with Crippen LogP contribution >= 0.6 is 34.2 Å². The fourth-order valence-corrected chi connectivity index (χ4v) is 6.29. The zero-order valence-corrected chi connectivity index (χ0v) is 15.0. The number of halogens is 2. The van der Waals surface area contributed by atoms with Crippen molar-refractivity contribution in [3.8, 4) is 0 Å². The zero-order valence-electron chi connectivity index (χ0n) is 11.0. The Labute approximate surface area is 129 Å². The highest BCUT2D eigenvalue weighted by atomic mass is 127. The van der Waals surface area contributed by atoms with Crippen molar-refractivity contribution < 1.29 is 0 Å². The van der Waals surface area contributed by atoms with Gasteiger partial charge in [0.25, 0.3) is 0 Å². The minimum Gasteiger partial charge on any atom is -0.359 e. The van der Waals surface area contributed by atoms with E-state index in [9.17, 15) is 0 Å². The molecule has 0 saturated heterocycles. The summed E-state index contributed by atoms with van der Waals surface area (Å²) in [5.74, 6) is 0. The maximum absolute atomic E-state index is 6.13. The molecule has 2 aromatic heterocycles. The van der Waals surface area contributed by atoms with Crippen molar-refractivity contribution in [2.24, 2.45) is 0 Å². The molecule has 0 fully saturated rings. The van der Waals surface area contributed by atoms with Gasteiger partial charge in [-0.1, -0.05) is 39.3 Å². The minimum atomic E-state index is -0.660. The number of fused-ring (bicyclic) bond motifs is 1. The van der Waals surface area contributed by atoms with E-state index in [0.29, 0.717) is 11.1 Å². The maximum Gasteiger partial charge on any atom is 0.182 e. The molecule has 97 valence electrons. The third-order valence-corrected chi connectivity index (χ3v) is 8.12. The van der Waals surface area contributed by atoms with E-state index in [-0.39, 0.29) is 0 Å². The fraction of sp³-hybridized carbons (Fsp3) is 0.462. The molecule has 0 bridgehead atoms. The van der Waals surface area contributed by atoms with Crippen molar-refractivity contribution in [1.82, 2.24) is 9.22 Å². The fourth-order valence-electron chi connectivity index (χ4n) is 2.46. The van der Waals surface area contributed by atoms with Crippen LogP contribution in [0.15, 0.2) is 18.5 Å². The summed E-state index contributed by atoms with van der Waals surface area (Å²) >= 11 is 8.43. The SMILES string of the molecule is CC(C)[Si](C(C)C)n1ccc2c(I)c(Cl)cnc21. The number of nitrogens with zero attached hydrogens (tertiary/aromatic N) is 2. The van der Waals surface area contributed by atoms with Crippen LogP contribution in [-0.4, -0.2) is 18.2 Å². The highest BCUT2D eigenvalue weighted by Gasteiger charge is 2.25. The molecule has 1 radical (unpaired) electrons. The third-order valence-electron chi connectivity index (χ3n) is 3.07. The van der Waals surface area contributed by atoms with E-state index in [2.05, 4.69) is 71.8 Å². The molecular formula is C13H17ClIN2Si. The Morgan fingerprint density at radius 2 is 1.89 bits per heavy atom. The molecule has 0 aliphatic rings. The van der Waals surface area contributed by atoms with E-state index < -0.39 is 8.96 Å². The van der Waals surface area contributed by atoms with Gasteiger partial charge in [-0.05, 0) is 45.9 Å². The van der Waals surface area contributed by atoms with Gasteiger partial charge in [0.05, 0.1) is 5.02 Å². The molecule has 0 unspecified atom stereocenters. The second-order valence-electron chi connectivity index (χ2n) is 5.08. The summed E-state index contributed by atoms with van der Waals surface area (Å²) in [5, 5.41) is 1.91. The number of rotatable bonds is 3. The summed E-state index contributed by atoms with van der Waals surface area (Å²) in [4.78, 5) is 4.54. The second kappa shape index (κ2) is 5.51. The van der Waals surface area contributed by atoms with Gasteiger partial charge in [-0.3, -0.25) is 0 Å². The first kappa shape index (κ1) is 14.3.